The first-order valence-electron chi connectivity index (χ1n) is 27.0. The maximum absolute atomic E-state index is 2.71. The fourth-order valence-electron chi connectivity index (χ4n) is 15.6. The Morgan fingerprint density at radius 2 is 0.861 bits per heavy atom. The molecule has 0 N–H and O–H groups in total. The van der Waals surface area contributed by atoms with Gasteiger partial charge in [0.05, 0.1) is 5.69 Å². The number of anilines is 9. The largest absolute Gasteiger partial charge is 0.311 e. The molecule has 0 aromatic heterocycles. The van der Waals surface area contributed by atoms with E-state index >= 15 is 0 Å². The fraction of sp³-hybridized carbons (Fsp3) is 0.382. The average molecular weight is 946 g/mol. The molecule has 4 heteroatoms. The maximum atomic E-state index is 2.71. The van der Waals surface area contributed by atoms with Crippen molar-refractivity contribution >= 4 is 74.3 Å². The van der Waals surface area contributed by atoms with Crippen molar-refractivity contribution in [3.8, 4) is 0 Å². The van der Waals surface area contributed by atoms with Crippen LogP contribution in [0.15, 0.2) is 133 Å². The van der Waals surface area contributed by atoms with Gasteiger partial charge in [0.1, 0.15) is 0 Å². The minimum atomic E-state index is -0.0575. The first kappa shape index (κ1) is 47.0. The van der Waals surface area contributed by atoms with Gasteiger partial charge in [-0.1, -0.05) is 171 Å². The third kappa shape index (κ3) is 6.89. The molecular weight excluding hydrogens is 870 g/mol. The third-order valence-corrected chi connectivity index (χ3v) is 18.2. The lowest BCUT2D eigenvalue weighted by atomic mass is 9.33. The molecule has 0 amide bonds. The van der Waals surface area contributed by atoms with Gasteiger partial charge in [0.25, 0.3) is 6.71 Å². The maximum Gasteiger partial charge on any atom is 0.252 e. The number of hydrogen-bond donors (Lipinski definition) is 0. The number of rotatable bonds is 5. The summed E-state index contributed by atoms with van der Waals surface area (Å²) in [5.41, 5.74) is 26.9. The lowest BCUT2D eigenvalue weighted by Crippen LogP contribution is -2.61. The lowest BCUT2D eigenvalue weighted by molar-refractivity contribution is 0.402. The SMILES string of the molecule is Cc1cc2c(cc1N1c3cc(C(C)(C)C)ccc3B3c4cc5c(cc4N(c4ccc6c(c4)C(C)(C)CC6(C)C)c4cc(N(c6ccccc6)c6ccccc6)cc1c43)C(C)(C)CC5(C)C)C(C)(C)CC2(C)C. The molecule has 72 heavy (non-hydrogen) atoms. The summed E-state index contributed by atoms with van der Waals surface area (Å²) in [5.74, 6) is 0. The molecule has 3 aliphatic carbocycles. The van der Waals surface area contributed by atoms with Crippen molar-refractivity contribution in [2.75, 3.05) is 14.7 Å². The highest BCUT2D eigenvalue weighted by atomic mass is 15.2. The Hall–Kier alpha value is -6.00. The molecule has 0 radical (unpaired) electrons. The van der Waals surface area contributed by atoms with Crippen LogP contribution in [0.2, 0.25) is 0 Å². The van der Waals surface area contributed by atoms with Gasteiger partial charge in [-0.25, -0.2) is 0 Å². The number of nitrogens with zero attached hydrogens (tertiary/aromatic N) is 3. The zero-order chi connectivity index (χ0) is 51.0. The fourth-order valence-corrected chi connectivity index (χ4v) is 15.6. The Balaban J connectivity index is 1.25. The van der Waals surface area contributed by atoms with Crippen molar-refractivity contribution in [1.82, 2.24) is 0 Å². The quantitative estimate of drug-likeness (QED) is 0.159. The van der Waals surface area contributed by atoms with Gasteiger partial charge in [-0.15, -0.1) is 0 Å². The summed E-state index contributed by atoms with van der Waals surface area (Å²) in [4.78, 5) is 7.91. The van der Waals surface area contributed by atoms with Gasteiger partial charge in [0.2, 0.25) is 0 Å². The molecule has 2 heterocycles. The molecular formula is C68H76BN3. The van der Waals surface area contributed by atoms with Gasteiger partial charge in [0.15, 0.2) is 0 Å². The van der Waals surface area contributed by atoms with Gasteiger partial charge in [0, 0.05) is 45.5 Å². The van der Waals surface area contributed by atoms with E-state index in [9.17, 15) is 0 Å². The van der Waals surface area contributed by atoms with Gasteiger partial charge in [-0.3, -0.25) is 0 Å². The minimum absolute atomic E-state index is 0.00260. The van der Waals surface area contributed by atoms with Crippen molar-refractivity contribution in [3.63, 3.8) is 0 Å². The Morgan fingerprint density at radius 3 is 1.40 bits per heavy atom. The van der Waals surface area contributed by atoms with Crippen LogP contribution in [0.5, 0.6) is 0 Å². The van der Waals surface area contributed by atoms with Crippen LogP contribution >= 0.6 is 0 Å². The molecule has 0 bridgehead atoms. The normalized spacial score (nSPS) is 19.5. The predicted molar refractivity (Wildman–Crippen MR) is 311 cm³/mol. The second kappa shape index (κ2) is 15.1. The number of aryl methyl sites for hydroxylation is 1. The molecule has 0 saturated carbocycles. The van der Waals surface area contributed by atoms with E-state index in [1.807, 2.05) is 0 Å². The Bertz CT molecular complexity index is 3360. The predicted octanol–water partition coefficient (Wildman–Crippen LogP) is 16.7. The molecule has 2 aliphatic heterocycles. The summed E-state index contributed by atoms with van der Waals surface area (Å²) in [7, 11) is 0. The van der Waals surface area contributed by atoms with E-state index in [2.05, 4.69) is 259 Å². The number of para-hydroxylation sites is 2. The molecule has 0 fully saturated rings. The highest BCUT2D eigenvalue weighted by Crippen LogP contribution is 2.57. The van der Waals surface area contributed by atoms with Crippen LogP contribution in [0.25, 0.3) is 0 Å². The summed E-state index contributed by atoms with van der Waals surface area (Å²) >= 11 is 0. The Labute approximate surface area is 432 Å². The molecule has 5 aliphatic rings. The number of benzene rings is 7. The summed E-state index contributed by atoms with van der Waals surface area (Å²) in [6.07, 6.45) is 3.36. The van der Waals surface area contributed by atoms with Gasteiger partial charge >= 0.3 is 0 Å². The van der Waals surface area contributed by atoms with Gasteiger partial charge in [-0.2, -0.15) is 0 Å². The van der Waals surface area contributed by atoms with Crippen molar-refractivity contribution in [2.45, 2.75) is 168 Å². The monoisotopic (exact) mass is 946 g/mol. The van der Waals surface area contributed by atoms with E-state index in [-0.39, 0.29) is 44.6 Å². The molecule has 7 aromatic rings. The standard InChI is InChI=1S/C68H76BN3/c1-42-31-49-52(67(13,14)40-64(49,7)8)37-56(42)72-57-32-43(62(2,3)4)27-30-54(57)69-55-36-51-53(68(15,16)41-66(51,11)12)38-58(55)71(46-28-29-48-50(33-46)65(9,10)39-63(48,5)6)59-34-47(35-60(72)61(59)69)70(44-23-19-17-20-24-44)45-25-21-18-22-26-45/h17-38H,39-41H2,1-16H3. The molecule has 12 rings (SSSR count). The zero-order valence-corrected chi connectivity index (χ0v) is 46.2. The molecule has 0 atom stereocenters. The molecule has 366 valence electrons. The smallest absolute Gasteiger partial charge is 0.252 e. The van der Waals surface area contributed by atoms with E-state index in [0.717, 1.165) is 36.3 Å². The van der Waals surface area contributed by atoms with E-state index in [0.29, 0.717) is 0 Å². The van der Waals surface area contributed by atoms with Crippen molar-refractivity contribution in [3.05, 3.63) is 178 Å². The minimum Gasteiger partial charge on any atom is -0.311 e. The second-order valence-corrected chi connectivity index (χ2v) is 27.7. The lowest BCUT2D eigenvalue weighted by Gasteiger charge is -2.46. The summed E-state index contributed by atoms with van der Waals surface area (Å²) in [5, 5.41) is 0. The number of fused-ring (bicyclic) bond motifs is 7. The van der Waals surface area contributed by atoms with Gasteiger partial charge in [-0.05, 0) is 192 Å². The van der Waals surface area contributed by atoms with Crippen LogP contribution < -0.4 is 31.1 Å². The molecule has 0 unspecified atom stereocenters. The number of hydrogen-bond acceptors (Lipinski definition) is 3. The summed E-state index contributed by atoms with van der Waals surface area (Å²) in [6, 6.07) is 52.7. The third-order valence-electron chi connectivity index (χ3n) is 18.2. The summed E-state index contributed by atoms with van der Waals surface area (Å²) in [6.45, 7) is 39.0. The molecule has 3 nitrogen and oxygen atoms in total. The van der Waals surface area contributed by atoms with Crippen LogP contribution in [-0.4, -0.2) is 6.71 Å². The van der Waals surface area contributed by atoms with Crippen LogP contribution in [0.1, 0.15) is 168 Å². The second-order valence-electron chi connectivity index (χ2n) is 27.7. The van der Waals surface area contributed by atoms with Crippen molar-refractivity contribution in [2.24, 2.45) is 0 Å². The summed E-state index contributed by atoms with van der Waals surface area (Å²) < 4.78 is 0. The highest BCUT2D eigenvalue weighted by molar-refractivity contribution is 7.00. The van der Waals surface area contributed by atoms with Crippen molar-refractivity contribution < 1.29 is 0 Å². The van der Waals surface area contributed by atoms with Crippen LogP contribution in [0.3, 0.4) is 0 Å². The first-order chi connectivity index (χ1) is 33.7. The zero-order valence-electron chi connectivity index (χ0n) is 46.2. The van der Waals surface area contributed by atoms with Crippen molar-refractivity contribution in [1.29, 1.82) is 0 Å². The van der Waals surface area contributed by atoms with E-state index < -0.39 is 0 Å². The van der Waals surface area contributed by atoms with E-state index in [1.165, 1.54) is 95.0 Å². The van der Waals surface area contributed by atoms with Crippen LogP contribution in [0, 0.1) is 6.92 Å². The molecule has 7 aromatic carbocycles. The average Bonchev–Trinajstić information content (AvgIpc) is 3.70. The Kier molecular flexibility index (Phi) is 9.83. The first-order valence-corrected chi connectivity index (χ1v) is 27.0. The molecule has 0 saturated heterocycles. The van der Waals surface area contributed by atoms with Gasteiger partial charge < -0.3 is 14.7 Å². The van der Waals surface area contributed by atoms with E-state index in [1.54, 1.807) is 0 Å². The van der Waals surface area contributed by atoms with E-state index in [4.69, 9.17) is 0 Å². The van der Waals surface area contributed by atoms with Crippen LogP contribution in [0.4, 0.5) is 51.2 Å². The topological polar surface area (TPSA) is 9.72 Å². The van der Waals surface area contributed by atoms with Crippen LogP contribution in [-0.2, 0) is 37.9 Å². The molecule has 0 spiro atoms. The highest BCUT2D eigenvalue weighted by Gasteiger charge is 2.50. The Morgan fingerprint density at radius 1 is 0.403 bits per heavy atom.